The maximum Gasteiger partial charge on any atom is 0.135 e. The van der Waals surface area contributed by atoms with Gasteiger partial charge in [0.15, 0.2) is 0 Å². The van der Waals surface area contributed by atoms with Crippen LogP contribution in [0.4, 0.5) is 0 Å². The zero-order valence-electron chi connectivity index (χ0n) is 10.3. The fourth-order valence-electron chi connectivity index (χ4n) is 3.01. The molecule has 0 bridgehead atoms. The quantitative estimate of drug-likeness (QED) is 0.683. The number of allylic oxidation sites excluding steroid dienone is 4. The van der Waals surface area contributed by atoms with E-state index in [2.05, 4.69) is 43.4 Å². The Bertz CT molecular complexity index is 815. The molecular weight excluding hydrogens is 220 g/mol. The molecule has 88 valence electrons. The van der Waals surface area contributed by atoms with Gasteiger partial charge in [0.2, 0.25) is 0 Å². The van der Waals surface area contributed by atoms with Gasteiger partial charge in [-0.3, -0.25) is 0 Å². The number of hydrogen-bond acceptors (Lipinski definition) is 1. The summed E-state index contributed by atoms with van der Waals surface area (Å²) in [6, 6.07) is 8.31. The Morgan fingerprint density at radius 3 is 3.00 bits per heavy atom. The van der Waals surface area contributed by atoms with E-state index in [-0.39, 0.29) is 0 Å². The molecule has 1 unspecified atom stereocenters. The van der Waals surface area contributed by atoms with E-state index < -0.39 is 0 Å². The van der Waals surface area contributed by atoms with Gasteiger partial charge >= 0.3 is 0 Å². The topological polar surface area (TPSA) is 13.1 Å². The molecule has 2 aromatic rings. The highest BCUT2D eigenvalue weighted by Crippen LogP contribution is 2.28. The molecule has 0 spiro atoms. The third-order valence-electron chi connectivity index (χ3n) is 3.86. The van der Waals surface area contributed by atoms with Crippen molar-refractivity contribution in [1.82, 2.24) is 0 Å². The van der Waals surface area contributed by atoms with Gasteiger partial charge in [0.25, 0.3) is 0 Å². The van der Waals surface area contributed by atoms with E-state index in [1.807, 2.05) is 12.1 Å². The summed E-state index contributed by atoms with van der Waals surface area (Å²) in [5.41, 5.74) is 4.79. The van der Waals surface area contributed by atoms with E-state index in [9.17, 15) is 0 Å². The maximum absolute atomic E-state index is 5.94. The summed E-state index contributed by atoms with van der Waals surface area (Å²) in [7, 11) is 0. The average Bonchev–Trinajstić information content (AvgIpc) is 2.77. The van der Waals surface area contributed by atoms with Crippen LogP contribution in [0, 0.1) is 5.92 Å². The molecule has 0 N–H and O–H groups in total. The summed E-state index contributed by atoms with van der Waals surface area (Å²) in [5.74, 6) is 0.517. The van der Waals surface area contributed by atoms with Crippen LogP contribution in [0.5, 0.6) is 0 Å². The number of benzene rings is 1. The van der Waals surface area contributed by atoms with Gasteiger partial charge in [0, 0.05) is 16.5 Å². The molecule has 2 aliphatic rings. The second-order valence-electron chi connectivity index (χ2n) is 5.08. The van der Waals surface area contributed by atoms with Crippen molar-refractivity contribution in [2.24, 2.45) is 5.92 Å². The molecule has 0 amide bonds. The zero-order valence-corrected chi connectivity index (χ0v) is 10.3. The molecule has 1 aromatic heterocycles. The van der Waals surface area contributed by atoms with Crippen LogP contribution in [0.15, 0.2) is 52.5 Å². The molecule has 0 aliphatic heterocycles. The molecule has 1 heterocycles. The Morgan fingerprint density at radius 1 is 1.17 bits per heavy atom. The fraction of sp³-hybridized carbons (Fsp3) is 0.176. The van der Waals surface area contributed by atoms with Gasteiger partial charge in [-0.15, -0.1) is 0 Å². The molecule has 1 heteroatoms. The van der Waals surface area contributed by atoms with E-state index in [0.29, 0.717) is 5.92 Å². The Hall–Kier alpha value is -2.02. The minimum absolute atomic E-state index is 0.517. The molecule has 2 aliphatic carbocycles. The first-order valence-electron chi connectivity index (χ1n) is 6.41. The van der Waals surface area contributed by atoms with Crippen LogP contribution >= 0.6 is 0 Å². The summed E-state index contributed by atoms with van der Waals surface area (Å²) in [6.07, 6.45) is 10.1. The van der Waals surface area contributed by atoms with Gasteiger partial charge < -0.3 is 4.42 Å². The Kier molecular flexibility index (Phi) is 1.93. The van der Waals surface area contributed by atoms with Crippen LogP contribution in [-0.2, 0) is 0 Å². The normalized spacial score (nSPS) is 21.3. The SMILES string of the molecule is CC1=CC2CC=c3oc4ccccc4c3=C2C=C1. The first-order chi connectivity index (χ1) is 8.83. The number of rotatable bonds is 0. The lowest BCUT2D eigenvalue weighted by molar-refractivity contribution is 0.568. The van der Waals surface area contributed by atoms with Crippen molar-refractivity contribution in [3.63, 3.8) is 0 Å². The van der Waals surface area contributed by atoms with Gasteiger partial charge in [0.1, 0.15) is 11.0 Å². The molecule has 0 saturated heterocycles. The van der Waals surface area contributed by atoms with E-state index in [1.165, 1.54) is 21.8 Å². The molecule has 1 atom stereocenters. The largest absolute Gasteiger partial charge is 0.456 e. The van der Waals surface area contributed by atoms with Crippen LogP contribution in [0.25, 0.3) is 22.6 Å². The number of hydrogen-bond donors (Lipinski definition) is 0. The Labute approximate surface area is 105 Å². The number of fused-ring (bicyclic) bond motifs is 4. The minimum Gasteiger partial charge on any atom is -0.456 e. The van der Waals surface area contributed by atoms with Crippen molar-refractivity contribution in [2.75, 3.05) is 0 Å². The molecule has 1 nitrogen and oxygen atoms in total. The van der Waals surface area contributed by atoms with Crippen LogP contribution in [-0.4, -0.2) is 0 Å². The molecule has 1 aromatic carbocycles. The molecular formula is C17H14O. The second-order valence-corrected chi connectivity index (χ2v) is 5.08. The summed E-state index contributed by atoms with van der Waals surface area (Å²) in [6.45, 7) is 2.16. The average molecular weight is 234 g/mol. The second kappa shape index (κ2) is 3.49. The van der Waals surface area contributed by atoms with Crippen molar-refractivity contribution in [1.29, 1.82) is 0 Å². The summed E-state index contributed by atoms with van der Waals surface area (Å²) >= 11 is 0. The molecule has 18 heavy (non-hydrogen) atoms. The Morgan fingerprint density at radius 2 is 2.06 bits per heavy atom. The van der Waals surface area contributed by atoms with Crippen molar-refractivity contribution < 1.29 is 4.42 Å². The monoisotopic (exact) mass is 234 g/mol. The van der Waals surface area contributed by atoms with Crippen molar-refractivity contribution >= 4 is 22.6 Å². The van der Waals surface area contributed by atoms with Gasteiger partial charge in [0.05, 0.1) is 0 Å². The highest BCUT2D eigenvalue weighted by Gasteiger charge is 2.19. The molecule has 4 rings (SSSR count). The zero-order chi connectivity index (χ0) is 12.1. The van der Waals surface area contributed by atoms with Crippen LogP contribution in [0.3, 0.4) is 0 Å². The van der Waals surface area contributed by atoms with E-state index in [1.54, 1.807) is 0 Å². The van der Waals surface area contributed by atoms with E-state index >= 15 is 0 Å². The fourth-order valence-corrected chi connectivity index (χ4v) is 3.01. The van der Waals surface area contributed by atoms with Crippen molar-refractivity contribution in [2.45, 2.75) is 13.3 Å². The molecule has 0 radical (unpaired) electrons. The van der Waals surface area contributed by atoms with Crippen LogP contribution in [0.2, 0.25) is 0 Å². The molecule has 0 saturated carbocycles. The lowest BCUT2D eigenvalue weighted by atomic mass is 9.85. The number of para-hydroxylation sites is 1. The van der Waals surface area contributed by atoms with Gasteiger partial charge in [-0.05, 0) is 31.1 Å². The summed E-state index contributed by atoms with van der Waals surface area (Å²) in [5, 5.41) is 2.53. The van der Waals surface area contributed by atoms with Crippen molar-refractivity contribution in [3.05, 3.63) is 58.7 Å². The van der Waals surface area contributed by atoms with Crippen LogP contribution in [0.1, 0.15) is 13.3 Å². The van der Waals surface area contributed by atoms with Crippen molar-refractivity contribution in [3.8, 4) is 0 Å². The van der Waals surface area contributed by atoms with Crippen LogP contribution < -0.4 is 10.6 Å². The Balaban J connectivity index is 2.18. The minimum atomic E-state index is 0.517. The van der Waals surface area contributed by atoms with Gasteiger partial charge in [-0.1, -0.05) is 42.0 Å². The van der Waals surface area contributed by atoms with Gasteiger partial charge in [-0.2, -0.15) is 0 Å². The standard InChI is InChI=1S/C17H14O/c1-11-6-8-13-12(10-11)7-9-16-17(13)14-4-2-3-5-15(14)18-16/h2-6,8-10,12H,7H2,1H3. The lowest BCUT2D eigenvalue weighted by Gasteiger charge is -2.19. The summed E-state index contributed by atoms with van der Waals surface area (Å²) < 4.78 is 5.94. The first kappa shape index (κ1) is 9.95. The highest BCUT2D eigenvalue weighted by molar-refractivity contribution is 5.84. The van der Waals surface area contributed by atoms with Gasteiger partial charge in [-0.25, -0.2) is 0 Å². The highest BCUT2D eigenvalue weighted by atomic mass is 16.3. The summed E-state index contributed by atoms with van der Waals surface area (Å²) in [4.78, 5) is 0. The lowest BCUT2D eigenvalue weighted by Crippen LogP contribution is -2.29. The molecule has 0 fully saturated rings. The first-order valence-corrected chi connectivity index (χ1v) is 6.41. The van der Waals surface area contributed by atoms with E-state index in [4.69, 9.17) is 4.42 Å². The predicted octanol–water partition coefficient (Wildman–Crippen LogP) is 2.90. The predicted molar refractivity (Wildman–Crippen MR) is 74.3 cm³/mol. The maximum atomic E-state index is 5.94. The smallest absolute Gasteiger partial charge is 0.135 e. The third kappa shape index (κ3) is 1.28. The third-order valence-corrected chi connectivity index (χ3v) is 3.86. The van der Waals surface area contributed by atoms with E-state index in [0.717, 1.165) is 17.4 Å². The number of furan rings is 1.